The first-order valence-corrected chi connectivity index (χ1v) is 22.4. The van der Waals surface area contributed by atoms with Crippen LogP contribution in [0.1, 0.15) is 174 Å². The van der Waals surface area contributed by atoms with Gasteiger partial charge >= 0.3 is 5.97 Å². The fourth-order valence-electron chi connectivity index (χ4n) is 7.33. The smallest absolute Gasteiger partial charge is 0.328 e. The lowest BCUT2D eigenvalue weighted by molar-refractivity contribution is -0.154. The number of nitrogens with zero attached hydrogens (tertiary/aromatic N) is 1. The van der Waals surface area contributed by atoms with E-state index < -0.39 is 41.5 Å². The van der Waals surface area contributed by atoms with Gasteiger partial charge in [-0.3, -0.25) is 19.2 Å². The molecule has 4 amide bonds. The van der Waals surface area contributed by atoms with Crippen LogP contribution in [0.15, 0.2) is 29.3 Å². The van der Waals surface area contributed by atoms with Crippen molar-refractivity contribution < 1.29 is 38.6 Å². The largest absolute Gasteiger partial charge is 0.507 e. The number of aliphatic imine (C=N–C) groups is 1. The molecule has 0 aliphatic carbocycles. The molecule has 1 aromatic rings. The van der Waals surface area contributed by atoms with Crippen molar-refractivity contribution in [3.05, 3.63) is 29.8 Å². The lowest BCUT2D eigenvalue weighted by Gasteiger charge is -2.24. The molecule has 3 rings (SSSR count). The van der Waals surface area contributed by atoms with Gasteiger partial charge in [0.1, 0.15) is 30.5 Å². The summed E-state index contributed by atoms with van der Waals surface area (Å²) in [7, 11) is 0. The van der Waals surface area contributed by atoms with Gasteiger partial charge in [0.25, 0.3) is 5.91 Å². The molecule has 58 heavy (non-hydrogen) atoms. The zero-order chi connectivity index (χ0) is 42.0. The van der Waals surface area contributed by atoms with Gasteiger partial charge in [-0.25, -0.2) is 9.79 Å². The molecule has 1 aromatic carbocycles. The number of rotatable bonds is 29. The normalized spacial score (nSPS) is 18.8. The van der Waals surface area contributed by atoms with Gasteiger partial charge in [-0.05, 0) is 70.9 Å². The number of aromatic hydroxyl groups is 1. The van der Waals surface area contributed by atoms with E-state index in [0.717, 1.165) is 32.1 Å². The van der Waals surface area contributed by atoms with Crippen molar-refractivity contribution in [1.29, 1.82) is 0 Å². The van der Waals surface area contributed by atoms with Gasteiger partial charge in [-0.2, -0.15) is 0 Å². The summed E-state index contributed by atoms with van der Waals surface area (Å²) in [4.78, 5) is 69.1. The van der Waals surface area contributed by atoms with E-state index >= 15 is 0 Å². The molecule has 4 unspecified atom stereocenters. The van der Waals surface area contributed by atoms with Crippen LogP contribution in [-0.4, -0.2) is 84.0 Å². The Labute approximate surface area is 347 Å². The Bertz CT molecular complexity index is 1450. The molecule has 0 aromatic heterocycles. The van der Waals surface area contributed by atoms with Crippen molar-refractivity contribution in [3.63, 3.8) is 0 Å². The van der Waals surface area contributed by atoms with Crippen LogP contribution in [-0.2, 0) is 33.4 Å². The second-order valence-electron chi connectivity index (χ2n) is 16.4. The van der Waals surface area contributed by atoms with Crippen LogP contribution in [0.3, 0.4) is 0 Å². The highest BCUT2D eigenvalue weighted by molar-refractivity contribution is 6.02. The van der Waals surface area contributed by atoms with Gasteiger partial charge in [-0.1, -0.05) is 109 Å². The molecule has 2 aliphatic rings. The standard InChI is InChI=1S/C45H73N5O8/c1-4-5-6-7-8-9-10-11-12-13-14-15-16-17-18-29-39(52)46-30-23-22-27-37(43(55)58-34(2)32-40(53)48-36-26-21-24-31-47-41(36)54)49-44(56)45(3)33-57-42(50-45)35-25-19-20-28-38(35)51/h19-20,25,28,34,36-37,51H,4-18,21-24,26-27,29-33H2,1-3H3,(H,46,52)(H,47,54)(H,48,53)(H,49,56). The summed E-state index contributed by atoms with van der Waals surface area (Å²) in [5.41, 5.74) is -1.02. The number of carbonyl (C=O) groups is 5. The summed E-state index contributed by atoms with van der Waals surface area (Å²) in [6.07, 6.45) is 22.1. The molecule has 2 aliphatic heterocycles. The van der Waals surface area contributed by atoms with E-state index in [1.54, 1.807) is 32.0 Å². The highest BCUT2D eigenvalue weighted by Crippen LogP contribution is 2.26. The topological polar surface area (TPSA) is 185 Å². The molecule has 1 saturated heterocycles. The summed E-state index contributed by atoms with van der Waals surface area (Å²) in [6, 6.07) is 4.84. The number of hydrogen-bond acceptors (Lipinski definition) is 9. The van der Waals surface area contributed by atoms with Crippen LogP contribution >= 0.6 is 0 Å². The zero-order valence-electron chi connectivity index (χ0n) is 35.7. The molecule has 326 valence electrons. The summed E-state index contributed by atoms with van der Waals surface area (Å²) in [5.74, 6) is -1.79. The van der Waals surface area contributed by atoms with Crippen LogP contribution in [0, 0.1) is 0 Å². The number of nitrogens with one attached hydrogen (secondary N) is 4. The van der Waals surface area contributed by atoms with E-state index in [0.29, 0.717) is 44.3 Å². The Balaban J connectivity index is 1.40. The Kier molecular flexibility index (Phi) is 22.9. The number of unbranched alkanes of at least 4 members (excludes halogenated alkanes) is 15. The van der Waals surface area contributed by atoms with E-state index in [2.05, 4.69) is 33.2 Å². The predicted molar refractivity (Wildman–Crippen MR) is 226 cm³/mol. The third-order valence-electron chi connectivity index (χ3n) is 11.0. The summed E-state index contributed by atoms with van der Waals surface area (Å²) in [5, 5.41) is 21.6. The van der Waals surface area contributed by atoms with Crippen molar-refractivity contribution in [2.24, 2.45) is 4.99 Å². The quantitative estimate of drug-likeness (QED) is 0.0420. The first kappa shape index (κ1) is 48.2. The summed E-state index contributed by atoms with van der Waals surface area (Å²) >= 11 is 0. The molecule has 0 radical (unpaired) electrons. The monoisotopic (exact) mass is 812 g/mol. The molecule has 0 bridgehead atoms. The molecule has 0 spiro atoms. The maximum atomic E-state index is 13.6. The molecule has 1 fully saturated rings. The minimum absolute atomic E-state index is 0.0136. The average Bonchev–Trinajstić information content (AvgIpc) is 3.49. The highest BCUT2D eigenvalue weighted by atomic mass is 16.5. The summed E-state index contributed by atoms with van der Waals surface area (Å²) < 4.78 is 11.4. The van der Waals surface area contributed by atoms with Crippen molar-refractivity contribution >= 4 is 35.5 Å². The lowest BCUT2D eigenvalue weighted by atomic mass is 10.0. The maximum absolute atomic E-state index is 13.6. The second kappa shape index (κ2) is 27.5. The van der Waals surface area contributed by atoms with Gasteiger partial charge in [0.05, 0.1) is 12.0 Å². The summed E-state index contributed by atoms with van der Waals surface area (Å²) in [6.45, 7) is 6.36. The zero-order valence-corrected chi connectivity index (χ0v) is 35.7. The number of hydrogen-bond donors (Lipinski definition) is 5. The van der Waals surface area contributed by atoms with Crippen molar-refractivity contribution in [2.45, 2.75) is 192 Å². The Morgan fingerprint density at radius 2 is 1.53 bits per heavy atom. The minimum atomic E-state index is -1.37. The van der Waals surface area contributed by atoms with Crippen LogP contribution in [0.4, 0.5) is 0 Å². The van der Waals surface area contributed by atoms with Gasteiger partial charge < -0.3 is 35.8 Å². The van der Waals surface area contributed by atoms with E-state index in [-0.39, 0.29) is 42.9 Å². The van der Waals surface area contributed by atoms with Gasteiger partial charge in [0, 0.05) is 19.5 Å². The van der Waals surface area contributed by atoms with Crippen LogP contribution in [0.5, 0.6) is 5.75 Å². The third kappa shape index (κ3) is 18.6. The molecule has 13 nitrogen and oxygen atoms in total. The number of esters is 1. The van der Waals surface area contributed by atoms with Crippen molar-refractivity contribution in [1.82, 2.24) is 21.3 Å². The number of ether oxygens (including phenoxy) is 2. The number of para-hydroxylation sites is 1. The molecular formula is C45H73N5O8. The number of amides is 4. The molecule has 13 heteroatoms. The molecule has 4 atom stereocenters. The third-order valence-corrected chi connectivity index (χ3v) is 11.0. The van der Waals surface area contributed by atoms with Crippen LogP contribution in [0.2, 0.25) is 0 Å². The number of benzene rings is 1. The van der Waals surface area contributed by atoms with E-state index in [4.69, 9.17) is 9.47 Å². The first-order chi connectivity index (χ1) is 28.0. The molecular weight excluding hydrogens is 739 g/mol. The lowest BCUT2D eigenvalue weighted by Crippen LogP contribution is -2.51. The Morgan fingerprint density at radius 3 is 2.19 bits per heavy atom. The highest BCUT2D eigenvalue weighted by Gasteiger charge is 2.42. The minimum Gasteiger partial charge on any atom is -0.507 e. The van der Waals surface area contributed by atoms with Gasteiger partial charge in [0.15, 0.2) is 5.54 Å². The van der Waals surface area contributed by atoms with Gasteiger partial charge in [-0.15, -0.1) is 0 Å². The Hall–Kier alpha value is -4.16. The van der Waals surface area contributed by atoms with Crippen molar-refractivity contribution in [2.75, 3.05) is 19.7 Å². The molecule has 2 heterocycles. The SMILES string of the molecule is CCCCCCCCCCCCCCCCCC(=O)NCCCCC(NC(=O)C1(C)COC(c2ccccc2O)=N1)C(=O)OC(C)CC(=O)NC1CCCCNC1=O. The van der Waals surface area contributed by atoms with E-state index in [1.165, 1.54) is 83.1 Å². The number of carbonyl (C=O) groups excluding carboxylic acids is 5. The maximum Gasteiger partial charge on any atom is 0.328 e. The van der Waals surface area contributed by atoms with Crippen molar-refractivity contribution in [3.8, 4) is 5.75 Å². The predicted octanol–water partition coefficient (Wildman–Crippen LogP) is 7.07. The van der Waals surface area contributed by atoms with Crippen LogP contribution in [0.25, 0.3) is 0 Å². The second-order valence-corrected chi connectivity index (χ2v) is 16.4. The number of phenolic OH excluding ortho intramolecular Hbond substituents is 1. The average molecular weight is 812 g/mol. The number of phenols is 1. The van der Waals surface area contributed by atoms with E-state index in [1.807, 2.05) is 0 Å². The molecule has 0 saturated carbocycles. The van der Waals surface area contributed by atoms with Gasteiger partial charge in [0.2, 0.25) is 23.6 Å². The fourth-order valence-corrected chi connectivity index (χ4v) is 7.33. The van der Waals surface area contributed by atoms with E-state index in [9.17, 15) is 29.1 Å². The van der Waals surface area contributed by atoms with Crippen LogP contribution < -0.4 is 21.3 Å². The first-order valence-electron chi connectivity index (χ1n) is 22.4. The molecule has 5 N–H and O–H groups in total. The Morgan fingerprint density at radius 1 is 0.897 bits per heavy atom. The fraction of sp³-hybridized carbons (Fsp3) is 0.733.